The molecule has 1 unspecified atom stereocenters. The van der Waals surface area contributed by atoms with Crippen LogP contribution in [0.2, 0.25) is 0 Å². The standard InChI is InChI=1S/C10H16Cl2O/c1-4-5-10(12)9(6-7-11)8(2)13-3/h4,10H,1,5-7H2,2-3H3/b9-8+. The van der Waals surface area contributed by atoms with Crippen LogP contribution in [-0.4, -0.2) is 18.4 Å². The Hall–Kier alpha value is -0.140. The first-order valence-electron chi connectivity index (χ1n) is 4.21. The largest absolute Gasteiger partial charge is 0.501 e. The topological polar surface area (TPSA) is 9.23 Å². The summed E-state index contributed by atoms with van der Waals surface area (Å²) in [6.07, 6.45) is 3.31. The fourth-order valence-electron chi connectivity index (χ4n) is 1.07. The minimum atomic E-state index is -0.0452. The van der Waals surface area contributed by atoms with Crippen molar-refractivity contribution in [2.45, 2.75) is 25.1 Å². The molecule has 1 atom stereocenters. The van der Waals surface area contributed by atoms with Crippen LogP contribution < -0.4 is 0 Å². The predicted molar refractivity (Wildman–Crippen MR) is 59.5 cm³/mol. The van der Waals surface area contributed by atoms with Crippen LogP contribution in [0, 0.1) is 0 Å². The molecule has 1 nitrogen and oxygen atoms in total. The van der Waals surface area contributed by atoms with Gasteiger partial charge in [0.25, 0.3) is 0 Å². The summed E-state index contributed by atoms with van der Waals surface area (Å²) in [6.45, 7) is 5.55. The highest BCUT2D eigenvalue weighted by atomic mass is 35.5. The van der Waals surface area contributed by atoms with Crippen LogP contribution in [0.5, 0.6) is 0 Å². The van der Waals surface area contributed by atoms with Gasteiger partial charge in [0, 0.05) is 5.88 Å². The zero-order valence-corrected chi connectivity index (χ0v) is 9.66. The van der Waals surface area contributed by atoms with Crippen LogP contribution >= 0.6 is 23.2 Å². The number of methoxy groups -OCH3 is 1. The SMILES string of the molecule is C=CCC(Cl)/C(CCCl)=C(\C)OC. The molecule has 76 valence electrons. The third-order valence-corrected chi connectivity index (χ3v) is 2.50. The Kier molecular flexibility index (Phi) is 7.20. The lowest BCUT2D eigenvalue weighted by molar-refractivity contribution is 0.286. The molecule has 0 aromatic carbocycles. The van der Waals surface area contributed by atoms with Gasteiger partial charge in [0.1, 0.15) is 0 Å². The fourth-order valence-corrected chi connectivity index (χ4v) is 1.67. The zero-order valence-electron chi connectivity index (χ0n) is 8.15. The van der Waals surface area contributed by atoms with Crippen molar-refractivity contribution in [1.82, 2.24) is 0 Å². The summed E-state index contributed by atoms with van der Waals surface area (Å²) in [5, 5.41) is -0.0452. The molecule has 0 saturated heterocycles. The van der Waals surface area contributed by atoms with E-state index in [-0.39, 0.29) is 5.38 Å². The second kappa shape index (κ2) is 7.28. The molecule has 0 heterocycles. The number of ether oxygens (including phenoxy) is 1. The first kappa shape index (κ1) is 12.9. The number of allylic oxidation sites excluding steroid dienone is 3. The van der Waals surface area contributed by atoms with E-state index >= 15 is 0 Å². The summed E-state index contributed by atoms with van der Waals surface area (Å²) >= 11 is 11.8. The Morgan fingerprint density at radius 3 is 2.62 bits per heavy atom. The van der Waals surface area contributed by atoms with Crippen molar-refractivity contribution < 1.29 is 4.74 Å². The normalized spacial score (nSPS) is 14.8. The van der Waals surface area contributed by atoms with Gasteiger partial charge < -0.3 is 4.74 Å². The average Bonchev–Trinajstić information content (AvgIpc) is 2.13. The minimum Gasteiger partial charge on any atom is -0.501 e. The third-order valence-electron chi connectivity index (χ3n) is 1.87. The average molecular weight is 223 g/mol. The summed E-state index contributed by atoms with van der Waals surface area (Å²) < 4.78 is 5.13. The van der Waals surface area contributed by atoms with Gasteiger partial charge in [-0.3, -0.25) is 0 Å². The predicted octanol–water partition coefficient (Wildman–Crippen LogP) is 3.72. The number of halogens is 2. The zero-order chi connectivity index (χ0) is 10.3. The van der Waals surface area contributed by atoms with E-state index in [9.17, 15) is 0 Å². The maximum Gasteiger partial charge on any atom is 0.0931 e. The molecule has 0 rings (SSSR count). The maximum atomic E-state index is 6.13. The molecular formula is C10H16Cl2O. The van der Waals surface area contributed by atoms with Crippen molar-refractivity contribution in [2.24, 2.45) is 0 Å². The van der Waals surface area contributed by atoms with E-state index in [0.29, 0.717) is 5.88 Å². The summed E-state index contributed by atoms with van der Waals surface area (Å²) in [4.78, 5) is 0. The molecule has 0 aromatic rings. The molecular weight excluding hydrogens is 207 g/mol. The second-order valence-electron chi connectivity index (χ2n) is 2.72. The summed E-state index contributed by atoms with van der Waals surface area (Å²) in [5.41, 5.74) is 1.07. The lowest BCUT2D eigenvalue weighted by Gasteiger charge is -2.14. The molecule has 0 spiro atoms. The molecule has 0 radical (unpaired) electrons. The van der Waals surface area contributed by atoms with E-state index in [1.54, 1.807) is 13.2 Å². The van der Waals surface area contributed by atoms with Crippen molar-refractivity contribution in [3.05, 3.63) is 24.0 Å². The molecule has 0 bridgehead atoms. The molecule has 0 amide bonds. The van der Waals surface area contributed by atoms with Crippen molar-refractivity contribution in [2.75, 3.05) is 13.0 Å². The maximum absolute atomic E-state index is 6.13. The third kappa shape index (κ3) is 4.58. The van der Waals surface area contributed by atoms with E-state index < -0.39 is 0 Å². The highest BCUT2D eigenvalue weighted by molar-refractivity contribution is 6.22. The Balaban J connectivity index is 4.48. The van der Waals surface area contributed by atoms with Crippen LogP contribution in [0.4, 0.5) is 0 Å². The first-order chi connectivity index (χ1) is 6.17. The monoisotopic (exact) mass is 222 g/mol. The summed E-state index contributed by atoms with van der Waals surface area (Å²) in [7, 11) is 1.64. The van der Waals surface area contributed by atoms with E-state index in [2.05, 4.69) is 6.58 Å². The van der Waals surface area contributed by atoms with Gasteiger partial charge in [0.05, 0.1) is 18.2 Å². The lowest BCUT2D eigenvalue weighted by Crippen LogP contribution is -2.06. The molecule has 0 saturated carbocycles. The quantitative estimate of drug-likeness (QED) is 0.379. The molecule has 13 heavy (non-hydrogen) atoms. The van der Waals surface area contributed by atoms with Gasteiger partial charge in [-0.1, -0.05) is 6.08 Å². The Morgan fingerprint density at radius 2 is 2.23 bits per heavy atom. The number of hydrogen-bond donors (Lipinski definition) is 0. The molecule has 0 aromatic heterocycles. The van der Waals surface area contributed by atoms with Crippen LogP contribution in [0.15, 0.2) is 24.0 Å². The van der Waals surface area contributed by atoms with Gasteiger partial charge in [0.2, 0.25) is 0 Å². The van der Waals surface area contributed by atoms with Crippen molar-refractivity contribution in [1.29, 1.82) is 0 Å². The molecule has 0 fully saturated rings. The van der Waals surface area contributed by atoms with Crippen LogP contribution in [-0.2, 0) is 4.74 Å². The highest BCUT2D eigenvalue weighted by Gasteiger charge is 2.12. The minimum absolute atomic E-state index is 0.0452. The Bertz CT molecular complexity index is 187. The molecule has 3 heteroatoms. The molecule has 0 aliphatic rings. The second-order valence-corrected chi connectivity index (χ2v) is 3.62. The van der Waals surface area contributed by atoms with E-state index in [1.165, 1.54) is 0 Å². The van der Waals surface area contributed by atoms with E-state index in [0.717, 1.165) is 24.2 Å². The van der Waals surface area contributed by atoms with Gasteiger partial charge in [-0.15, -0.1) is 29.8 Å². The van der Waals surface area contributed by atoms with Gasteiger partial charge >= 0.3 is 0 Å². The number of alkyl halides is 2. The summed E-state index contributed by atoms with van der Waals surface area (Å²) in [5.74, 6) is 1.43. The smallest absolute Gasteiger partial charge is 0.0931 e. The molecule has 0 N–H and O–H groups in total. The fraction of sp³-hybridized carbons (Fsp3) is 0.600. The number of rotatable bonds is 6. The van der Waals surface area contributed by atoms with E-state index in [1.807, 2.05) is 6.92 Å². The molecule has 0 aliphatic carbocycles. The summed E-state index contributed by atoms with van der Waals surface area (Å²) in [6, 6.07) is 0. The van der Waals surface area contributed by atoms with Crippen molar-refractivity contribution >= 4 is 23.2 Å². The van der Waals surface area contributed by atoms with Gasteiger partial charge in [-0.25, -0.2) is 0 Å². The van der Waals surface area contributed by atoms with Gasteiger partial charge in [-0.2, -0.15) is 0 Å². The Morgan fingerprint density at radius 1 is 1.62 bits per heavy atom. The number of hydrogen-bond acceptors (Lipinski definition) is 1. The Labute approximate surface area is 90.4 Å². The van der Waals surface area contributed by atoms with E-state index in [4.69, 9.17) is 27.9 Å². The van der Waals surface area contributed by atoms with Gasteiger partial charge in [0.15, 0.2) is 0 Å². The first-order valence-corrected chi connectivity index (χ1v) is 5.19. The van der Waals surface area contributed by atoms with Crippen LogP contribution in [0.1, 0.15) is 19.8 Å². The molecule has 0 aliphatic heterocycles. The highest BCUT2D eigenvalue weighted by Crippen LogP contribution is 2.22. The van der Waals surface area contributed by atoms with Crippen molar-refractivity contribution in [3.63, 3.8) is 0 Å². The van der Waals surface area contributed by atoms with Crippen molar-refractivity contribution in [3.8, 4) is 0 Å². The lowest BCUT2D eigenvalue weighted by atomic mass is 10.1. The van der Waals surface area contributed by atoms with Gasteiger partial charge in [-0.05, 0) is 25.3 Å². The van der Waals surface area contributed by atoms with Crippen LogP contribution in [0.25, 0.3) is 0 Å². The van der Waals surface area contributed by atoms with Crippen LogP contribution in [0.3, 0.4) is 0 Å².